The summed E-state index contributed by atoms with van der Waals surface area (Å²) in [4.78, 5) is 28.4. The van der Waals surface area contributed by atoms with Gasteiger partial charge in [0.05, 0.1) is 16.8 Å². The molecular weight excluding hydrogens is 531 g/mol. The summed E-state index contributed by atoms with van der Waals surface area (Å²) in [5, 5.41) is 11.5. The maximum Gasteiger partial charge on any atom is 0.416 e. The van der Waals surface area contributed by atoms with Crippen molar-refractivity contribution < 1.29 is 22.8 Å². The molecule has 0 radical (unpaired) electrons. The highest BCUT2D eigenvalue weighted by Crippen LogP contribution is 2.36. The summed E-state index contributed by atoms with van der Waals surface area (Å²) >= 11 is 0. The molecule has 0 spiro atoms. The van der Waals surface area contributed by atoms with Gasteiger partial charge in [-0.1, -0.05) is 37.1 Å². The molecule has 7 nitrogen and oxygen atoms in total. The Hall–Kier alpha value is -4.73. The molecule has 1 aromatic heterocycles. The number of fused-ring (bicyclic) bond motifs is 1. The summed E-state index contributed by atoms with van der Waals surface area (Å²) in [5.74, 6) is -0.166. The summed E-state index contributed by atoms with van der Waals surface area (Å²) in [6.07, 6.45) is 4.31. The minimum Gasteiger partial charge on any atom is -0.361 e. The number of carbonyl (C=O) groups is 2. The van der Waals surface area contributed by atoms with E-state index < -0.39 is 17.8 Å². The number of H-pyrrole nitrogens is 1. The van der Waals surface area contributed by atoms with Gasteiger partial charge in [-0.3, -0.25) is 4.79 Å². The van der Waals surface area contributed by atoms with Crippen LogP contribution >= 0.6 is 0 Å². The Balaban J connectivity index is 1.22. The third kappa shape index (κ3) is 6.71. The molecule has 2 aliphatic rings. The van der Waals surface area contributed by atoms with Gasteiger partial charge in [0.15, 0.2) is 0 Å². The zero-order valence-corrected chi connectivity index (χ0v) is 22.4. The molecule has 0 fully saturated rings. The molecule has 2 heterocycles. The standard InChI is InChI=1S/C31H30F3N5O2/c1-2-5-20-12-13-35-27(20)17-26-25-11-10-24(16-28(25)39-29(26)40)37-22-8-4-9-23(15-22)38-30(41)36-18-19-6-3-7-21(14-19)31(32,33)34/h4,7-17,35,37H,2-3,5-6,18H2,1H3,(H,39,40)(H2,36,38,41)/b26-17-. The number of amides is 3. The number of aromatic nitrogens is 1. The molecule has 1 aliphatic carbocycles. The van der Waals surface area contributed by atoms with Gasteiger partial charge in [-0.25, -0.2) is 4.79 Å². The van der Waals surface area contributed by atoms with Gasteiger partial charge in [0.2, 0.25) is 0 Å². The molecule has 5 rings (SSSR count). The molecule has 3 amide bonds. The Morgan fingerprint density at radius 2 is 1.88 bits per heavy atom. The third-order valence-electron chi connectivity index (χ3n) is 6.88. The van der Waals surface area contributed by atoms with Crippen molar-refractivity contribution in [1.82, 2.24) is 10.3 Å². The first-order valence-electron chi connectivity index (χ1n) is 13.4. The van der Waals surface area contributed by atoms with Crippen LogP contribution in [0.3, 0.4) is 0 Å². The maximum atomic E-state index is 13.0. The molecular formula is C31H30F3N5O2. The van der Waals surface area contributed by atoms with Gasteiger partial charge in [-0.15, -0.1) is 0 Å². The lowest BCUT2D eigenvalue weighted by molar-refractivity contribution is -0.110. The van der Waals surface area contributed by atoms with E-state index in [1.54, 1.807) is 18.2 Å². The number of halogens is 3. The van der Waals surface area contributed by atoms with E-state index in [-0.39, 0.29) is 18.9 Å². The topological polar surface area (TPSA) is 98.1 Å². The highest BCUT2D eigenvalue weighted by Gasteiger charge is 2.33. The van der Waals surface area contributed by atoms with Crippen molar-refractivity contribution in [2.24, 2.45) is 0 Å². The molecule has 0 saturated carbocycles. The summed E-state index contributed by atoms with van der Waals surface area (Å²) < 4.78 is 38.9. The van der Waals surface area contributed by atoms with Gasteiger partial charge in [0, 0.05) is 41.1 Å². The van der Waals surface area contributed by atoms with Gasteiger partial charge in [-0.05, 0) is 73.4 Å². The van der Waals surface area contributed by atoms with E-state index in [1.165, 1.54) is 11.6 Å². The first-order valence-corrected chi connectivity index (χ1v) is 13.4. The summed E-state index contributed by atoms with van der Waals surface area (Å²) in [6.45, 7) is 2.14. The Kier molecular flexibility index (Phi) is 8.00. The molecule has 0 saturated heterocycles. The quantitative estimate of drug-likeness (QED) is 0.184. The highest BCUT2D eigenvalue weighted by atomic mass is 19.4. The number of aromatic amines is 1. The number of carbonyl (C=O) groups excluding carboxylic acids is 2. The average Bonchev–Trinajstić information content (AvgIpc) is 3.50. The Bertz CT molecular complexity index is 1570. The first kappa shape index (κ1) is 27.8. The number of anilines is 4. The lowest BCUT2D eigenvalue weighted by Gasteiger charge is -2.17. The van der Waals surface area contributed by atoms with E-state index >= 15 is 0 Å². The summed E-state index contributed by atoms with van der Waals surface area (Å²) in [6, 6.07) is 14.2. The summed E-state index contributed by atoms with van der Waals surface area (Å²) in [7, 11) is 0. The first-order chi connectivity index (χ1) is 19.7. The zero-order chi connectivity index (χ0) is 29.0. The van der Waals surface area contributed by atoms with Crippen molar-refractivity contribution in [3.05, 3.63) is 94.8 Å². The SMILES string of the molecule is CCCc1cc[nH]c1/C=C1\C(=O)Nc2cc(Nc3cccc(NC(=O)NCC4=CC(C(F)(F)F)=CCC4)c3)ccc21. The van der Waals surface area contributed by atoms with Gasteiger partial charge in [0.25, 0.3) is 5.91 Å². The number of urea groups is 1. The highest BCUT2D eigenvalue weighted by molar-refractivity contribution is 6.35. The number of allylic oxidation sites excluding steroid dienone is 3. The van der Waals surface area contributed by atoms with Crippen molar-refractivity contribution in [2.45, 2.75) is 38.8 Å². The van der Waals surface area contributed by atoms with Gasteiger partial charge in [-0.2, -0.15) is 13.2 Å². The van der Waals surface area contributed by atoms with Crippen molar-refractivity contribution >= 4 is 46.3 Å². The van der Waals surface area contributed by atoms with E-state index in [0.717, 1.165) is 35.9 Å². The van der Waals surface area contributed by atoms with Crippen molar-refractivity contribution in [3.63, 3.8) is 0 Å². The van der Waals surface area contributed by atoms with Crippen LogP contribution in [0.25, 0.3) is 11.6 Å². The lowest BCUT2D eigenvalue weighted by atomic mass is 9.99. The third-order valence-corrected chi connectivity index (χ3v) is 6.88. The van der Waals surface area contributed by atoms with Crippen LogP contribution in [0.5, 0.6) is 0 Å². The van der Waals surface area contributed by atoms with Crippen molar-refractivity contribution in [1.29, 1.82) is 0 Å². The molecule has 0 unspecified atom stereocenters. The van der Waals surface area contributed by atoms with Gasteiger partial charge in [0.1, 0.15) is 0 Å². The van der Waals surface area contributed by atoms with Crippen molar-refractivity contribution in [2.75, 3.05) is 22.5 Å². The van der Waals surface area contributed by atoms with Crippen LogP contribution in [-0.2, 0) is 11.2 Å². The van der Waals surface area contributed by atoms with E-state index in [2.05, 4.69) is 33.2 Å². The molecule has 3 aromatic rings. The predicted octanol–water partition coefficient (Wildman–Crippen LogP) is 7.53. The fourth-order valence-corrected chi connectivity index (χ4v) is 4.91. The van der Waals surface area contributed by atoms with Crippen molar-refractivity contribution in [3.8, 4) is 0 Å². The Morgan fingerprint density at radius 3 is 2.68 bits per heavy atom. The predicted molar refractivity (Wildman–Crippen MR) is 156 cm³/mol. The number of rotatable bonds is 8. The molecule has 2 aromatic carbocycles. The van der Waals surface area contributed by atoms with E-state index in [0.29, 0.717) is 34.6 Å². The Labute approximate surface area is 235 Å². The molecule has 41 heavy (non-hydrogen) atoms. The molecule has 212 valence electrons. The van der Waals surface area contributed by atoms with E-state index in [4.69, 9.17) is 0 Å². The van der Waals surface area contributed by atoms with E-state index in [9.17, 15) is 22.8 Å². The number of aryl methyl sites for hydroxylation is 1. The van der Waals surface area contributed by atoms with Crippen LogP contribution in [-0.4, -0.2) is 29.6 Å². The molecule has 0 bridgehead atoms. The normalized spacial score (nSPS) is 15.6. The fourth-order valence-electron chi connectivity index (χ4n) is 4.91. The van der Waals surface area contributed by atoms with Crippen LogP contribution in [0.2, 0.25) is 0 Å². The second-order valence-electron chi connectivity index (χ2n) is 9.95. The molecule has 1 aliphatic heterocycles. The second kappa shape index (κ2) is 11.8. The smallest absolute Gasteiger partial charge is 0.361 e. The number of nitrogens with one attached hydrogen (secondary N) is 5. The molecule has 5 N–H and O–H groups in total. The number of hydrogen-bond acceptors (Lipinski definition) is 3. The number of hydrogen-bond donors (Lipinski definition) is 5. The van der Waals surface area contributed by atoms with Crippen LogP contribution in [0, 0.1) is 0 Å². The second-order valence-corrected chi connectivity index (χ2v) is 9.95. The van der Waals surface area contributed by atoms with Crippen LogP contribution in [0.1, 0.15) is 43.0 Å². The molecule has 10 heteroatoms. The number of benzene rings is 2. The zero-order valence-electron chi connectivity index (χ0n) is 22.4. The van der Waals surface area contributed by atoms with E-state index in [1.807, 2.05) is 42.6 Å². The fraction of sp³-hybridized carbons (Fsp3) is 0.226. The van der Waals surface area contributed by atoms with Gasteiger partial charge < -0.3 is 26.3 Å². The van der Waals surface area contributed by atoms with Crippen LogP contribution < -0.4 is 21.3 Å². The minimum absolute atomic E-state index is 0.0260. The summed E-state index contributed by atoms with van der Waals surface area (Å²) in [5.41, 5.74) is 6.00. The average molecular weight is 562 g/mol. The monoisotopic (exact) mass is 561 g/mol. The lowest BCUT2D eigenvalue weighted by Crippen LogP contribution is -2.31. The minimum atomic E-state index is -4.40. The Morgan fingerprint density at radius 1 is 1.07 bits per heavy atom. The molecule has 0 atom stereocenters. The maximum absolute atomic E-state index is 13.0. The largest absolute Gasteiger partial charge is 0.416 e. The number of alkyl halides is 3. The van der Waals surface area contributed by atoms with Crippen LogP contribution in [0.4, 0.5) is 40.7 Å². The van der Waals surface area contributed by atoms with Crippen LogP contribution in [0.15, 0.2) is 78.0 Å². The van der Waals surface area contributed by atoms with Gasteiger partial charge >= 0.3 is 12.2 Å².